The van der Waals surface area contributed by atoms with Crippen LogP contribution in [0.5, 0.6) is 5.75 Å². The van der Waals surface area contributed by atoms with E-state index >= 15 is 0 Å². The van der Waals surface area contributed by atoms with Crippen LogP contribution in [0, 0.1) is 5.92 Å². The Bertz CT molecular complexity index is 775. The van der Waals surface area contributed by atoms with Gasteiger partial charge >= 0.3 is 0 Å². The highest BCUT2D eigenvalue weighted by Crippen LogP contribution is 2.34. The summed E-state index contributed by atoms with van der Waals surface area (Å²) in [6, 6.07) is 11.5. The van der Waals surface area contributed by atoms with Gasteiger partial charge in [-0.05, 0) is 37.4 Å². The molecule has 0 saturated carbocycles. The fourth-order valence-corrected chi connectivity index (χ4v) is 4.09. The normalized spacial score (nSPS) is 18.0. The summed E-state index contributed by atoms with van der Waals surface area (Å²) < 4.78 is 5.64. The number of nitrogens with zero attached hydrogens (tertiary/aromatic N) is 2. The summed E-state index contributed by atoms with van der Waals surface area (Å²) in [6.45, 7) is 4.85. The number of ether oxygens (including phenoxy) is 1. The number of thiophene rings is 1. The molecular formula is C20H24N2O3S. The van der Waals surface area contributed by atoms with Crippen LogP contribution in [0.25, 0.3) is 0 Å². The van der Waals surface area contributed by atoms with E-state index in [0.717, 1.165) is 10.6 Å². The molecule has 0 aliphatic carbocycles. The first-order chi connectivity index (χ1) is 12.5. The molecule has 2 heterocycles. The number of hydrogen-bond donors (Lipinski definition) is 0. The average molecular weight is 372 g/mol. The van der Waals surface area contributed by atoms with Crippen LogP contribution in [0.2, 0.25) is 0 Å². The van der Waals surface area contributed by atoms with Crippen LogP contribution in [0.1, 0.15) is 31.2 Å². The van der Waals surface area contributed by atoms with E-state index in [0.29, 0.717) is 18.9 Å². The van der Waals surface area contributed by atoms with Gasteiger partial charge in [-0.25, -0.2) is 0 Å². The Kier molecular flexibility index (Phi) is 5.61. The molecule has 0 radical (unpaired) electrons. The molecule has 1 aliphatic rings. The molecule has 2 aromatic rings. The minimum atomic E-state index is -0.329. The van der Waals surface area contributed by atoms with Crippen LogP contribution in [0.4, 0.5) is 5.69 Å². The number of hydrogen-bond acceptors (Lipinski definition) is 4. The maximum Gasteiger partial charge on any atom is 0.228 e. The van der Waals surface area contributed by atoms with Gasteiger partial charge in [-0.1, -0.05) is 18.2 Å². The van der Waals surface area contributed by atoms with E-state index in [9.17, 15) is 9.59 Å². The zero-order valence-electron chi connectivity index (χ0n) is 15.3. The van der Waals surface area contributed by atoms with Crippen molar-refractivity contribution in [3.8, 4) is 5.75 Å². The van der Waals surface area contributed by atoms with E-state index < -0.39 is 0 Å². The molecule has 2 atom stereocenters. The smallest absolute Gasteiger partial charge is 0.228 e. The summed E-state index contributed by atoms with van der Waals surface area (Å²) in [5.41, 5.74) is 0.739. The lowest BCUT2D eigenvalue weighted by atomic mass is 10.1. The Morgan fingerprint density at radius 2 is 2.12 bits per heavy atom. The molecule has 1 aliphatic heterocycles. The Labute approximate surface area is 158 Å². The van der Waals surface area contributed by atoms with Crippen molar-refractivity contribution in [2.24, 2.45) is 5.92 Å². The molecular weight excluding hydrogens is 348 g/mol. The summed E-state index contributed by atoms with van der Waals surface area (Å²) in [5.74, 6) is 0.324. The minimum Gasteiger partial charge on any atom is -0.492 e. The molecule has 2 unspecified atom stereocenters. The van der Waals surface area contributed by atoms with Gasteiger partial charge in [0.05, 0.1) is 24.3 Å². The lowest BCUT2D eigenvalue weighted by Crippen LogP contribution is -2.36. The van der Waals surface area contributed by atoms with E-state index in [2.05, 4.69) is 0 Å². The molecule has 0 spiro atoms. The van der Waals surface area contributed by atoms with Gasteiger partial charge in [0, 0.05) is 24.9 Å². The highest BCUT2D eigenvalue weighted by molar-refractivity contribution is 7.10. The van der Waals surface area contributed by atoms with Gasteiger partial charge in [-0.2, -0.15) is 0 Å². The molecule has 6 heteroatoms. The SMILES string of the molecule is CCOc1ccccc1N1CC(C(=O)N(C)C(C)c2cccs2)CC1=O. The number of benzene rings is 1. The van der Waals surface area contributed by atoms with Gasteiger partial charge in [0.25, 0.3) is 0 Å². The number of carbonyl (C=O) groups excluding carboxylic acids is 2. The third kappa shape index (κ3) is 3.60. The van der Waals surface area contributed by atoms with Crippen molar-refractivity contribution in [1.29, 1.82) is 0 Å². The number of amides is 2. The third-order valence-electron chi connectivity index (χ3n) is 4.81. The maximum atomic E-state index is 12.9. The zero-order valence-corrected chi connectivity index (χ0v) is 16.2. The fraction of sp³-hybridized carbons (Fsp3) is 0.400. The predicted molar refractivity (Wildman–Crippen MR) is 104 cm³/mol. The zero-order chi connectivity index (χ0) is 18.7. The predicted octanol–water partition coefficient (Wildman–Crippen LogP) is 3.72. The Balaban J connectivity index is 1.74. The van der Waals surface area contributed by atoms with Crippen LogP contribution >= 0.6 is 11.3 Å². The van der Waals surface area contributed by atoms with Gasteiger partial charge in [-0.3, -0.25) is 9.59 Å². The van der Waals surface area contributed by atoms with Crippen molar-refractivity contribution in [1.82, 2.24) is 4.90 Å². The molecule has 1 aromatic carbocycles. The topological polar surface area (TPSA) is 49.9 Å². The van der Waals surface area contributed by atoms with E-state index in [4.69, 9.17) is 4.74 Å². The summed E-state index contributed by atoms with van der Waals surface area (Å²) in [6.07, 6.45) is 0.237. The number of anilines is 1. The summed E-state index contributed by atoms with van der Waals surface area (Å²) in [7, 11) is 1.81. The molecule has 1 aromatic heterocycles. The first kappa shape index (κ1) is 18.5. The first-order valence-electron chi connectivity index (χ1n) is 8.85. The lowest BCUT2D eigenvalue weighted by molar-refractivity contribution is -0.136. The molecule has 1 fully saturated rings. The van der Waals surface area contributed by atoms with Crippen LogP contribution in [-0.4, -0.2) is 36.9 Å². The number of carbonyl (C=O) groups is 2. The largest absolute Gasteiger partial charge is 0.492 e. The quantitative estimate of drug-likeness (QED) is 0.776. The second-order valence-corrected chi connectivity index (χ2v) is 7.43. The van der Waals surface area contributed by atoms with Crippen LogP contribution < -0.4 is 9.64 Å². The first-order valence-corrected chi connectivity index (χ1v) is 9.73. The second kappa shape index (κ2) is 7.91. The fourth-order valence-electron chi connectivity index (χ4n) is 3.26. The highest BCUT2D eigenvalue weighted by atomic mass is 32.1. The van der Waals surface area contributed by atoms with Gasteiger partial charge < -0.3 is 14.5 Å². The van der Waals surface area contributed by atoms with Gasteiger partial charge in [0.2, 0.25) is 11.8 Å². The summed E-state index contributed by atoms with van der Waals surface area (Å²) >= 11 is 1.64. The van der Waals surface area contributed by atoms with E-state index in [1.54, 1.807) is 21.1 Å². The Hall–Kier alpha value is -2.34. The van der Waals surface area contributed by atoms with Crippen molar-refractivity contribution in [3.63, 3.8) is 0 Å². The summed E-state index contributed by atoms with van der Waals surface area (Å²) in [5, 5.41) is 2.01. The van der Waals surface area contributed by atoms with Crippen LogP contribution in [0.15, 0.2) is 41.8 Å². The Morgan fingerprint density at radius 3 is 2.81 bits per heavy atom. The van der Waals surface area contributed by atoms with E-state index in [1.165, 1.54) is 0 Å². The molecule has 2 amide bonds. The third-order valence-corrected chi connectivity index (χ3v) is 5.86. The minimum absolute atomic E-state index is 0.00219. The summed E-state index contributed by atoms with van der Waals surface area (Å²) in [4.78, 5) is 30.1. The van der Waals surface area contributed by atoms with Crippen molar-refractivity contribution in [2.75, 3.05) is 25.1 Å². The van der Waals surface area contributed by atoms with Crippen LogP contribution in [0.3, 0.4) is 0 Å². The number of para-hydroxylation sites is 2. The van der Waals surface area contributed by atoms with Gasteiger partial charge in [0.15, 0.2) is 0 Å². The lowest BCUT2D eigenvalue weighted by Gasteiger charge is -2.27. The molecule has 1 saturated heterocycles. The second-order valence-electron chi connectivity index (χ2n) is 6.45. The Morgan fingerprint density at radius 1 is 1.35 bits per heavy atom. The monoisotopic (exact) mass is 372 g/mol. The van der Waals surface area contributed by atoms with Crippen LogP contribution in [-0.2, 0) is 9.59 Å². The van der Waals surface area contributed by atoms with E-state index in [-0.39, 0.29) is 30.2 Å². The van der Waals surface area contributed by atoms with Crippen molar-refractivity contribution in [2.45, 2.75) is 26.3 Å². The molecule has 5 nitrogen and oxygen atoms in total. The van der Waals surface area contributed by atoms with Gasteiger partial charge in [0.1, 0.15) is 5.75 Å². The number of rotatable bonds is 6. The molecule has 26 heavy (non-hydrogen) atoms. The maximum absolute atomic E-state index is 12.9. The van der Waals surface area contributed by atoms with Crippen molar-refractivity contribution >= 4 is 28.8 Å². The molecule has 0 N–H and O–H groups in total. The molecule has 3 rings (SSSR count). The van der Waals surface area contributed by atoms with E-state index in [1.807, 2.05) is 62.7 Å². The average Bonchev–Trinajstić information content (AvgIpc) is 3.30. The molecule has 0 bridgehead atoms. The molecule has 138 valence electrons. The standard InChI is InChI=1S/C20H24N2O3S/c1-4-25-17-9-6-5-8-16(17)22-13-15(12-19(22)23)20(24)21(3)14(2)18-10-7-11-26-18/h5-11,14-15H,4,12-13H2,1-3H3. The highest BCUT2D eigenvalue weighted by Gasteiger charge is 2.38. The van der Waals surface area contributed by atoms with Crippen molar-refractivity contribution < 1.29 is 14.3 Å². The van der Waals surface area contributed by atoms with Crippen molar-refractivity contribution in [3.05, 3.63) is 46.7 Å². The van der Waals surface area contributed by atoms with Gasteiger partial charge in [-0.15, -0.1) is 11.3 Å².